The van der Waals surface area contributed by atoms with E-state index in [9.17, 15) is 13.2 Å². The number of carboxylic acids is 1. The molecule has 0 saturated heterocycles. The number of halogens is 1. The van der Waals surface area contributed by atoms with Crippen LogP contribution in [0, 0.1) is 5.41 Å². The number of hydrogen-bond acceptors (Lipinski definition) is 7. The Morgan fingerprint density at radius 2 is 1.60 bits per heavy atom. The molecule has 0 spiro atoms. The molecule has 10 heteroatoms. The van der Waals surface area contributed by atoms with Gasteiger partial charge in [0.2, 0.25) is 9.84 Å². The van der Waals surface area contributed by atoms with Gasteiger partial charge >= 0.3 is 5.97 Å². The van der Waals surface area contributed by atoms with Crippen LogP contribution in [0.4, 0.5) is 5.82 Å². The van der Waals surface area contributed by atoms with Crippen molar-refractivity contribution in [3.8, 4) is 0 Å². The lowest BCUT2D eigenvalue weighted by molar-refractivity contribution is -0.134. The first kappa shape index (κ1) is 28.2. The number of pyridine rings is 2. The quantitative estimate of drug-likeness (QED) is 0.389. The predicted octanol–water partition coefficient (Wildman–Crippen LogP) is 3.81. The zero-order valence-electron chi connectivity index (χ0n) is 19.9. The number of sulfone groups is 1. The maximum atomic E-state index is 13.7. The van der Waals surface area contributed by atoms with E-state index in [1.165, 1.54) is 18.3 Å². The van der Waals surface area contributed by atoms with E-state index in [1.807, 2.05) is 24.3 Å². The SMILES string of the molecule is CC(C)(C)Cc1ccc(CC(N)(c2cccc(NCC(=O)O)n2)S(=O)(=O)c2ccccn2)cc1.Cl. The molecular formula is C25H31ClN4O4S. The molecule has 0 bridgehead atoms. The third-order valence-corrected chi connectivity index (χ3v) is 7.32. The summed E-state index contributed by atoms with van der Waals surface area (Å²) < 4.78 is 27.5. The summed E-state index contributed by atoms with van der Waals surface area (Å²) in [5.41, 5.74) is 8.77. The smallest absolute Gasteiger partial charge is 0.322 e. The molecule has 0 aliphatic rings. The van der Waals surface area contributed by atoms with E-state index in [-0.39, 0.29) is 47.3 Å². The van der Waals surface area contributed by atoms with Gasteiger partial charge in [-0.15, -0.1) is 12.4 Å². The fraction of sp³-hybridized carbons (Fsp3) is 0.320. The molecular weight excluding hydrogens is 488 g/mol. The molecule has 3 rings (SSSR count). The van der Waals surface area contributed by atoms with E-state index in [0.717, 1.165) is 17.5 Å². The van der Waals surface area contributed by atoms with Crippen molar-refractivity contribution in [1.82, 2.24) is 9.97 Å². The summed E-state index contributed by atoms with van der Waals surface area (Å²) in [5.74, 6) is -0.853. The molecule has 2 heterocycles. The molecule has 2 aromatic heterocycles. The van der Waals surface area contributed by atoms with Crippen molar-refractivity contribution in [3.05, 3.63) is 83.7 Å². The van der Waals surface area contributed by atoms with Crippen molar-refractivity contribution in [2.24, 2.45) is 11.1 Å². The Kier molecular flexibility index (Phi) is 9.00. The molecule has 0 radical (unpaired) electrons. The number of anilines is 1. The maximum Gasteiger partial charge on any atom is 0.322 e. The number of carbonyl (C=O) groups is 1. The first-order valence-corrected chi connectivity index (χ1v) is 12.3. The number of aromatic nitrogens is 2. The molecule has 35 heavy (non-hydrogen) atoms. The van der Waals surface area contributed by atoms with Gasteiger partial charge in [0.25, 0.3) is 0 Å². The maximum absolute atomic E-state index is 13.7. The van der Waals surface area contributed by atoms with Crippen molar-refractivity contribution in [2.45, 2.75) is 43.5 Å². The number of rotatable bonds is 9. The molecule has 0 saturated carbocycles. The summed E-state index contributed by atoms with van der Waals surface area (Å²) in [4.78, 5) is 17.4. The summed E-state index contributed by atoms with van der Waals surface area (Å²) in [6.45, 7) is 6.10. The zero-order chi connectivity index (χ0) is 25.0. The summed E-state index contributed by atoms with van der Waals surface area (Å²) in [7, 11) is -4.18. The Labute approximate surface area is 212 Å². The van der Waals surface area contributed by atoms with E-state index < -0.39 is 20.7 Å². The Bertz CT molecular complexity index is 1250. The van der Waals surface area contributed by atoms with Gasteiger partial charge in [-0.3, -0.25) is 4.79 Å². The first-order chi connectivity index (χ1) is 15.9. The van der Waals surface area contributed by atoms with Crippen LogP contribution in [0.5, 0.6) is 0 Å². The van der Waals surface area contributed by atoms with Gasteiger partial charge in [0, 0.05) is 12.6 Å². The minimum Gasteiger partial charge on any atom is -0.480 e. The topological polar surface area (TPSA) is 135 Å². The lowest BCUT2D eigenvalue weighted by Crippen LogP contribution is -2.47. The van der Waals surface area contributed by atoms with Crippen molar-refractivity contribution >= 4 is 34.0 Å². The number of benzene rings is 1. The summed E-state index contributed by atoms with van der Waals surface area (Å²) in [5, 5.41) is 11.5. The van der Waals surface area contributed by atoms with Crippen LogP contribution in [0.15, 0.2) is 71.9 Å². The molecule has 0 amide bonds. The highest BCUT2D eigenvalue weighted by Gasteiger charge is 2.45. The van der Waals surface area contributed by atoms with Crippen LogP contribution in [0.3, 0.4) is 0 Å². The van der Waals surface area contributed by atoms with E-state index in [1.54, 1.807) is 24.3 Å². The molecule has 0 aliphatic carbocycles. The summed E-state index contributed by atoms with van der Waals surface area (Å²) >= 11 is 0. The second-order valence-electron chi connectivity index (χ2n) is 9.45. The second-order valence-corrected chi connectivity index (χ2v) is 11.6. The largest absolute Gasteiger partial charge is 0.480 e. The van der Waals surface area contributed by atoms with Crippen LogP contribution in [0.2, 0.25) is 0 Å². The number of carboxylic acid groups (broad SMARTS) is 1. The molecule has 4 N–H and O–H groups in total. The zero-order valence-corrected chi connectivity index (χ0v) is 21.6. The molecule has 8 nitrogen and oxygen atoms in total. The molecule has 0 aliphatic heterocycles. The van der Waals surface area contributed by atoms with Gasteiger partial charge in [-0.05, 0) is 47.2 Å². The summed E-state index contributed by atoms with van der Waals surface area (Å²) in [6, 6.07) is 17.0. The first-order valence-electron chi connectivity index (χ1n) is 10.9. The number of aliphatic carboxylic acids is 1. The van der Waals surface area contributed by atoms with Crippen LogP contribution in [0.1, 0.15) is 37.6 Å². The normalized spacial score (nSPS) is 13.4. The van der Waals surface area contributed by atoms with E-state index >= 15 is 0 Å². The van der Waals surface area contributed by atoms with Crippen molar-refractivity contribution in [1.29, 1.82) is 0 Å². The van der Waals surface area contributed by atoms with Gasteiger partial charge in [0.15, 0.2) is 9.90 Å². The van der Waals surface area contributed by atoms with E-state index in [0.29, 0.717) is 0 Å². The third-order valence-electron chi connectivity index (χ3n) is 5.22. The fourth-order valence-corrected chi connectivity index (χ4v) is 5.22. The Hall–Kier alpha value is -3.01. The van der Waals surface area contributed by atoms with Gasteiger partial charge in [0.05, 0.1) is 5.69 Å². The minimum absolute atomic E-state index is 0. The van der Waals surface area contributed by atoms with E-state index in [2.05, 4.69) is 36.1 Å². The molecule has 3 aromatic rings. The Morgan fingerprint density at radius 1 is 0.971 bits per heavy atom. The highest BCUT2D eigenvalue weighted by atomic mass is 35.5. The van der Waals surface area contributed by atoms with Gasteiger partial charge in [-0.25, -0.2) is 18.4 Å². The summed E-state index contributed by atoms with van der Waals surface area (Å²) in [6.07, 6.45) is 2.23. The Morgan fingerprint density at radius 3 is 2.14 bits per heavy atom. The second kappa shape index (κ2) is 11.2. The monoisotopic (exact) mass is 518 g/mol. The average molecular weight is 519 g/mol. The van der Waals surface area contributed by atoms with Crippen LogP contribution in [-0.4, -0.2) is 36.0 Å². The van der Waals surface area contributed by atoms with Crippen LogP contribution >= 0.6 is 12.4 Å². The predicted molar refractivity (Wildman–Crippen MR) is 138 cm³/mol. The van der Waals surface area contributed by atoms with Crippen molar-refractivity contribution < 1.29 is 18.3 Å². The van der Waals surface area contributed by atoms with Gasteiger partial charge in [0.1, 0.15) is 12.4 Å². The highest BCUT2D eigenvalue weighted by Crippen LogP contribution is 2.33. The third kappa shape index (κ3) is 7.00. The van der Waals surface area contributed by atoms with Crippen molar-refractivity contribution in [2.75, 3.05) is 11.9 Å². The fourth-order valence-electron chi connectivity index (χ4n) is 3.64. The van der Waals surface area contributed by atoms with Crippen LogP contribution in [-0.2, 0) is 32.3 Å². The molecule has 1 unspecified atom stereocenters. The van der Waals surface area contributed by atoms with Gasteiger partial charge < -0.3 is 16.2 Å². The number of nitrogens with two attached hydrogens (primary N) is 1. The lowest BCUT2D eigenvalue weighted by Gasteiger charge is -2.29. The van der Waals surface area contributed by atoms with Gasteiger partial charge in [-0.1, -0.05) is 57.2 Å². The highest BCUT2D eigenvalue weighted by molar-refractivity contribution is 7.92. The standard InChI is InChI=1S/C25H30N4O4S.ClH/c1-24(2,3)15-18-10-12-19(13-11-18)16-25(26,34(32,33)22-9-4-5-14-27-22)20-7-6-8-21(29-20)28-17-23(30)31;/h4-14H,15-17,26H2,1-3H3,(H,28,29)(H,30,31);1H. The molecule has 0 fully saturated rings. The van der Waals surface area contributed by atoms with E-state index in [4.69, 9.17) is 10.8 Å². The number of nitrogens with one attached hydrogen (secondary N) is 1. The van der Waals surface area contributed by atoms with Gasteiger partial charge in [-0.2, -0.15) is 0 Å². The number of hydrogen-bond donors (Lipinski definition) is 3. The number of nitrogens with zero attached hydrogens (tertiary/aromatic N) is 2. The van der Waals surface area contributed by atoms with Crippen LogP contribution < -0.4 is 11.1 Å². The average Bonchev–Trinajstić information content (AvgIpc) is 2.78. The lowest BCUT2D eigenvalue weighted by atomic mass is 9.87. The Balaban J connectivity index is 0.00000432. The molecule has 1 atom stereocenters. The van der Waals surface area contributed by atoms with Crippen molar-refractivity contribution in [3.63, 3.8) is 0 Å². The minimum atomic E-state index is -4.18. The molecule has 1 aromatic carbocycles. The molecule has 188 valence electrons. The van der Waals surface area contributed by atoms with Crippen LogP contribution in [0.25, 0.3) is 0 Å².